The first kappa shape index (κ1) is 14.6. The van der Waals surface area contributed by atoms with E-state index < -0.39 is 0 Å². The van der Waals surface area contributed by atoms with Gasteiger partial charge in [-0.1, -0.05) is 29.4 Å². The highest BCUT2D eigenvalue weighted by Gasteiger charge is 2.13. The number of nitrogens with zero attached hydrogens (tertiary/aromatic N) is 1. The Morgan fingerprint density at radius 3 is 2.52 bits per heavy atom. The predicted molar refractivity (Wildman–Crippen MR) is 81.7 cm³/mol. The maximum Gasteiger partial charge on any atom is 0.255 e. The van der Waals surface area contributed by atoms with Crippen LogP contribution in [0.3, 0.4) is 0 Å². The SMILES string of the molecule is CO/N=C(/C)c1cccc(NC(=O)c2ccccc2)c1O. The van der Waals surface area contributed by atoms with Crippen LogP contribution in [-0.4, -0.2) is 23.8 Å². The summed E-state index contributed by atoms with van der Waals surface area (Å²) in [7, 11) is 1.43. The molecule has 0 aliphatic rings. The molecule has 2 aromatic rings. The lowest BCUT2D eigenvalue weighted by Gasteiger charge is -2.10. The zero-order chi connectivity index (χ0) is 15.2. The molecular weight excluding hydrogens is 268 g/mol. The second kappa shape index (κ2) is 6.56. The first-order valence-electron chi connectivity index (χ1n) is 6.40. The highest BCUT2D eigenvalue weighted by atomic mass is 16.6. The quantitative estimate of drug-likeness (QED) is 0.515. The predicted octanol–water partition coefficient (Wildman–Crippen LogP) is 3.01. The molecule has 0 saturated heterocycles. The first-order chi connectivity index (χ1) is 10.1. The molecule has 0 unspecified atom stereocenters. The van der Waals surface area contributed by atoms with E-state index >= 15 is 0 Å². The number of benzene rings is 2. The molecule has 108 valence electrons. The van der Waals surface area contributed by atoms with Crippen molar-refractivity contribution in [2.24, 2.45) is 5.16 Å². The number of carbonyl (C=O) groups is 1. The van der Waals surface area contributed by atoms with Gasteiger partial charge in [-0.05, 0) is 31.2 Å². The Balaban J connectivity index is 2.28. The van der Waals surface area contributed by atoms with Crippen LogP contribution in [0, 0.1) is 0 Å². The standard InChI is InChI=1S/C16H16N2O3/c1-11(18-21-2)13-9-6-10-14(15(13)19)17-16(20)12-7-4-3-5-8-12/h3-10,19H,1-2H3,(H,17,20)/b18-11-. The van der Waals surface area contributed by atoms with Gasteiger partial charge in [0.1, 0.15) is 12.9 Å². The van der Waals surface area contributed by atoms with Crippen LogP contribution in [0.5, 0.6) is 5.75 Å². The van der Waals surface area contributed by atoms with E-state index in [-0.39, 0.29) is 11.7 Å². The molecule has 2 N–H and O–H groups in total. The van der Waals surface area contributed by atoms with E-state index in [1.54, 1.807) is 49.4 Å². The van der Waals surface area contributed by atoms with Gasteiger partial charge >= 0.3 is 0 Å². The van der Waals surface area contributed by atoms with Gasteiger partial charge < -0.3 is 15.3 Å². The number of para-hydroxylation sites is 1. The summed E-state index contributed by atoms with van der Waals surface area (Å²) in [4.78, 5) is 16.8. The molecule has 0 aromatic heterocycles. The largest absolute Gasteiger partial charge is 0.505 e. The molecule has 2 rings (SSSR count). The minimum Gasteiger partial charge on any atom is -0.505 e. The molecule has 0 bridgehead atoms. The molecule has 0 radical (unpaired) electrons. The molecule has 0 spiro atoms. The molecule has 5 heteroatoms. The number of oxime groups is 1. The summed E-state index contributed by atoms with van der Waals surface area (Å²) >= 11 is 0. The van der Waals surface area contributed by atoms with Crippen molar-refractivity contribution in [3.8, 4) is 5.75 Å². The molecule has 5 nitrogen and oxygen atoms in total. The zero-order valence-corrected chi connectivity index (χ0v) is 11.8. The summed E-state index contributed by atoms with van der Waals surface area (Å²) in [5, 5.41) is 16.7. The Morgan fingerprint density at radius 2 is 1.86 bits per heavy atom. The molecule has 0 aliphatic heterocycles. The monoisotopic (exact) mass is 284 g/mol. The molecule has 0 heterocycles. The second-order valence-corrected chi connectivity index (χ2v) is 4.38. The van der Waals surface area contributed by atoms with Crippen molar-refractivity contribution in [1.29, 1.82) is 0 Å². The third-order valence-corrected chi connectivity index (χ3v) is 2.94. The van der Waals surface area contributed by atoms with Gasteiger partial charge in [0.25, 0.3) is 5.91 Å². The van der Waals surface area contributed by atoms with Crippen LogP contribution in [-0.2, 0) is 4.84 Å². The lowest BCUT2D eigenvalue weighted by atomic mass is 10.1. The second-order valence-electron chi connectivity index (χ2n) is 4.38. The Hall–Kier alpha value is -2.82. The van der Waals surface area contributed by atoms with Gasteiger partial charge in [-0.25, -0.2) is 0 Å². The minimum atomic E-state index is -0.288. The van der Waals surface area contributed by atoms with Crippen LogP contribution < -0.4 is 5.32 Å². The van der Waals surface area contributed by atoms with Gasteiger partial charge in [-0.2, -0.15) is 0 Å². The number of amides is 1. The Bertz CT molecular complexity index is 666. The van der Waals surface area contributed by atoms with Gasteiger partial charge in [-0.15, -0.1) is 0 Å². The van der Waals surface area contributed by atoms with Crippen LogP contribution in [0.1, 0.15) is 22.8 Å². The molecule has 0 atom stereocenters. The van der Waals surface area contributed by atoms with Crippen molar-refractivity contribution in [2.45, 2.75) is 6.92 Å². The summed E-state index contributed by atoms with van der Waals surface area (Å²) in [5.74, 6) is -0.329. The van der Waals surface area contributed by atoms with Crippen molar-refractivity contribution in [1.82, 2.24) is 0 Å². The van der Waals surface area contributed by atoms with Crippen molar-refractivity contribution in [2.75, 3.05) is 12.4 Å². The fourth-order valence-electron chi connectivity index (χ4n) is 1.91. The van der Waals surface area contributed by atoms with Crippen molar-refractivity contribution < 1.29 is 14.7 Å². The number of anilines is 1. The highest BCUT2D eigenvalue weighted by Crippen LogP contribution is 2.28. The lowest BCUT2D eigenvalue weighted by Crippen LogP contribution is -2.12. The Kier molecular flexibility index (Phi) is 4.56. The average molecular weight is 284 g/mol. The van der Waals surface area contributed by atoms with Crippen LogP contribution in [0.25, 0.3) is 0 Å². The number of hydrogen-bond acceptors (Lipinski definition) is 4. The van der Waals surface area contributed by atoms with E-state index in [2.05, 4.69) is 10.5 Å². The number of phenols is 1. The summed E-state index contributed by atoms with van der Waals surface area (Å²) in [6.45, 7) is 1.71. The summed E-state index contributed by atoms with van der Waals surface area (Å²) in [5.41, 5.74) is 1.87. The summed E-state index contributed by atoms with van der Waals surface area (Å²) < 4.78 is 0. The maximum absolute atomic E-state index is 12.1. The first-order valence-corrected chi connectivity index (χ1v) is 6.40. The van der Waals surface area contributed by atoms with Gasteiger partial charge in [0.15, 0.2) is 0 Å². The third kappa shape index (κ3) is 3.39. The normalized spacial score (nSPS) is 11.0. The number of carbonyl (C=O) groups excluding carboxylic acids is 1. The highest BCUT2D eigenvalue weighted by molar-refractivity contribution is 6.07. The molecule has 0 aliphatic carbocycles. The molecule has 2 aromatic carbocycles. The third-order valence-electron chi connectivity index (χ3n) is 2.94. The lowest BCUT2D eigenvalue weighted by molar-refractivity contribution is 0.102. The number of hydrogen-bond donors (Lipinski definition) is 2. The maximum atomic E-state index is 12.1. The number of aromatic hydroxyl groups is 1. The molecule has 0 saturated carbocycles. The van der Waals surface area contributed by atoms with Crippen molar-refractivity contribution >= 4 is 17.3 Å². The fraction of sp³-hybridized carbons (Fsp3) is 0.125. The molecule has 21 heavy (non-hydrogen) atoms. The summed E-state index contributed by atoms with van der Waals surface area (Å²) in [6.07, 6.45) is 0. The summed E-state index contributed by atoms with van der Waals surface area (Å²) in [6, 6.07) is 13.8. The van der Waals surface area contributed by atoms with Crippen LogP contribution in [0.4, 0.5) is 5.69 Å². The topological polar surface area (TPSA) is 70.9 Å². The Morgan fingerprint density at radius 1 is 1.14 bits per heavy atom. The van der Waals surface area contributed by atoms with E-state index in [9.17, 15) is 9.90 Å². The average Bonchev–Trinajstić information content (AvgIpc) is 2.50. The molecule has 0 fully saturated rings. The van der Waals surface area contributed by atoms with Crippen LogP contribution >= 0.6 is 0 Å². The van der Waals surface area contributed by atoms with Crippen molar-refractivity contribution in [3.05, 3.63) is 59.7 Å². The van der Waals surface area contributed by atoms with Crippen LogP contribution in [0.15, 0.2) is 53.7 Å². The number of phenolic OH excluding ortho intramolecular Hbond substituents is 1. The molecular formula is C16H16N2O3. The van der Waals surface area contributed by atoms with Gasteiger partial charge in [0, 0.05) is 11.1 Å². The van der Waals surface area contributed by atoms with E-state index in [1.807, 2.05) is 6.07 Å². The van der Waals surface area contributed by atoms with Crippen LogP contribution in [0.2, 0.25) is 0 Å². The zero-order valence-electron chi connectivity index (χ0n) is 11.8. The minimum absolute atomic E-state index is 0.0416. The smallest absolute Gasteiger partial charge is 0.255 e. The van der Waals surface area contributed by atoms with E-state index in [4.69, 9.17) is 4.84 Å². The van der Waals surface area contributed by atoms with E-state index in [0.717, 1.165) is 0 Å². The van der Waals surface area contributed by atoms with Gasteiger partial charge in [0.05, 0.1) is 11.4 Å². The number of nitrogens with one attached hydrogen (secondary N) is 1. The molecule has 1 amide bonds. The van der Waals surface area contributed by atoms with E-state index in [0.29, 0.717) is 22.5 Å². The van der Waals surface area contributed by atoms with Gasteiger partial charge in [-0.3, -0.25) is 4.79 Å². The fourth-order valence-corrected chi connectivity index (χ4v) is 1.91. The Labute approximate surface area is 122 Å². The van der Waals surface area contributed by atoms with E-state index in [1.165, 1.54) is 7.11 Å². The van der Waals surface area contributed by atoms with Crippen molar-refractivity contribution in [3.63, 3.8) is 0 Å². The van der Waals surface area contributed by atoms with Gasteiger partial charge in [0.2, 0.25) is 0 Å². The number of rotatable bonds is 4.